The van der Waals surface area contributed by atoms with Crippen LogP contribution < -0.4 is 5.32 Å². The molecule has 4 N–H and O–H groups in total. The summed E-state index contributed by atoms with van der Waals surface area (Å²) in [5.74, 6) is -0.662. The van der Waals surface area contributed by atoms with Crippen molar-refractivity contribution >= 4 is 5.91 Å². The van der Waals surface area contributed by atoms with Gasteiger partial charge in [0.2, 0.25) is 5.91 Å². The number of amides is 1. The lowest BCUT2D eigenvalue weighted by atomic mass is 9.95. The Kier molecular flexibility index (Phi) is 7.56. The van der Waals surface area contributed by atoms with Gasteiger partial charge in [0, 0.05) is 38.9 Å². The third-order valence-corrected chi connectivity index (χ3v) is 3.21. The lowest BCUT2D eigenvalue weighted by Crippen LogP contribution is -2.33. The number of methoxy groups -OCH3 is 1. The van der Waals surface area contributed by atoms with Crippen molar-refractivity contribution in [3.05, 3.63) is 23.8 Å². The molecule has 118 valence electrons. The third kappa shape index (κ3) is 6.01. The molecule has 0 aliphatic carbocycles. The minimum absolute atomic E-state index is 0.0287. The molecule has 6 heteroatoms. The average molecular weight is 297 g/mol. The fourth-order valence-corrected chi connectivity index (χ4v) is 2.04. The van der Waals surface area contributed by atoms with Crippen molar-refractivity contribution in [2.24, 2.45) is 5.92 Å². The maximum atomic E-state index is 12.1. The Bertz CT molecular complexity index is 450. The predicted octanol–water partition coefficient (Wildman–Crippen LogP) is 0.792. The molecule has 0 heterocycles. The highest BCUT2D eigenvalue weighted by Crippen LogP contribution is 2.25. The van der Waals surface area contributed by atoms with Gasteiger partial charge < -0.3 is 25.4 Å². The Hall–Kier alpha value is -1.79. The van der Waals surface area contributed by atoms with E-state index in [0.717, 1.165) is 6.42 Å². The number of carbonyl (C=O) groups excluding carboxylic acids is 1. The van der Waals surface area contributed by atoms with E-state index < -0.39 is 5.92 Å². The number of aliphatic hydroxyl groups excluding tert-OH is 1. The van der Waals surface area contributed by atoms with Gasteiger partial charge in [-0.2, -0.15) is 0 Å². The predicted molar refractivity (Wildman–Crippen MR) is 78.2 cm³/mol. The van der Waals surface area contributed by atoms with Crippen LogP contribution in [-0.2, 0) is 16.0 Å². The van der Waals surface area contributed by atoms with Crippen molar-refractivity contribution in [2.45, 2.75) is 19.3 Å². The minimum Gasteiger partial charge on any atom is -0.508 e. The molecule has 1 aromatic carbocycles. The molecule has 1 unspecified atom stereocenters. The Morgan fingerprint density at radius 1 is 1.38 bits per heavy atom. The molecule has 0 aliphatic heterocycles. The molecule has 0 aromatic heterocycles. The van der Waals surface area contributed by atoms with E-state index in [2.05, 4.69) is 5.32 Å². The second kappa shape index (κ2) is 9.20. The number of hydrogen-bond donors (Lipinski definition) is 4. The van der Waals surface area contributed by atoms with Crippen LogP contribution >= 0.6 is 0 Å². The zero-order chi connectivity index (χ0) is 15.7. The van der Waals surface area contributed by atoms with Gasteiger partial charge in [-0.1, -0.05) is 6.07 Å². The molecule has 1 amide bonds. The highest BCUT2D eigenvalue weighted by Gasteiger charge is 2.19. The fourth-order valence-electron chi connectivity index (χ4n) is 2.04. The first kappa shape index (κ1) is 17.3. The minimum atomic E-state index is -0.423. The van der Waals surface area contributed by atoms with Crippen molar-refractivity contribution in [1.82, 2.24) is 5.32 Å². The Morgan fingerprint density at radius 2 is 2.14 bits per heavy atom. The molecular weight excluding hydrogens is 274 g/mol. The maximum Gasteiger partial charge on any atom is 0.223 e. The van der Waals surface area contributed by atoms with E-state index in [1.54, 1.807) is 13.2 Å². The van der Waals surface area contributed by atoms with Gasteiger partial charge in [0.25, 0.3) is 0 Å². The van der Waals surface area contributed by atoms with Crippen molar-refractivity contribution < 1.29 is 24.9 Å². The zero-order valence-corrected chi connectivity index (χ0v) is 12.2. The molecule has 0 fully saturated rings. The SMILES string of the molecule is COCCCNC(=O)C(CCO)Cc1ccc(O)cc1O. The number of hydrogen-bond acceptors (Lipinski definition) is 5. The van der Waals surface area contributed by atoms with Gasteiger partial charge in [0.15, 0.2) is 0 Å². The summed E-state index contributed by atoms with van der Waals surface area (Å²) in [6.07, 6.45) is 1.34. The van der Waals surface area contributed by atoms with Crippen LogP contribution in [0.1, 0.15) is 18.4 Å². The summed E-state index contributed by atoms with van der Waals surface area (Å²) in [5, 5.41) is 30.9. The molecule has 1 rings (SSSR count). The van der Waals surface area contributed by atoms with Crippen LogP contribution in [0.2, 0.25) is 0 Å². The number of phenolic OH excluding ortho intramolecular Hbond substituents is 2. The number of aromatic hydroxyl groups is 2. The quantitative estimate of drug-likeness (QED) is 0.505. The largest absolute Gasteiger partial charge is 0.508 e. The van der Waals surface area contributed by atoms with Crippen molar-refractivity contribution in [3.8, 4) is 11.5 Å². The summed E-state index contributed by atoms with van der Waals surface area (Å²) < 4.78 is 4.91. The van der Waals surface area contributed by atoms with Crippen LogP contribution in [0.15, 0.2) is 18.2 Å². The summed E-state index contributed by atoms with van der Waals surface area (Å²) in [4.78, 5) is 12.1. The van der Waals surface area contributed by atoms with Crippen LogP contribution in [0.3, 0.4) is 0 Å². The first-order chi connectivity index (χ1) is 10.1. The monoisotopic (exact) mass is 297 g/mol. The number of nitrogens with one attached hydrogen (secondary N) is 1. The van der Waals surface area contributed by atoms with Crippen molar-refractivity contribution in [1.29, 1.82) is 0 Å². The summed E-state index contributed by atoms with van der Waals surface area (Å²) in [5.41, 5.74) is 0.568. The highest BCUT2D eigenvalue weighted by atomic mass is 16.5. The maximum absolute atomic E-state index is 12.1. The second-order valence-corrected chi connectivity index (χ2v) is 4.86. The van der Waals surface area contributed by atoms with Crippen LogP contribution in [0, 0.1) is 5.92 Å². The van der Waals surface area contributed by atoms with E-state index >= 15 is 0 Å². The standard InChI is InChI=1S/C15H23NO5/c1-21-8-2-6-16-15(20)12(5-7-17)9-11-3-4-13(18)10-14(11)19/h3-4,10,12,17-19H,2,5-9H2,1H3,(H,16,20). The number of rotatable bonds is 9. The van der Waals surface area contributed by atoms with Crippen molar-refractivity contribution in [3.63, 3.8) is 0 Å². The van der Waals surface area contributed by atoms with E-state index in [4.69, 9.17) is 9.84 Å². The lowest BCUT2D eigenvalue weighted by Gasteiger charge is -2.16. The van der Waals surface area contributed by atoms with Crippen LogP contribution in [-0.4, -0.2) is 48.1 Å². The molecule has 0 aliphatic rings. The Balaban J connectivity index is 2.61. The first-order valence-corrected chi connectivity index (χ1v) is 6.96. The number of ether oxygens (including phenoxy) is 1. The van der Waals surface area contributed by atoms with E-state index in [-0.39, 0.29) is 24.0 Å². The molecule has 0 spiro atoms. The van der Waals surface area contributed by atoms with E-state index in [1.807, 2.05) is 0 Å². The van der Waals surface area contributed by atoms with Crippen LogP contribution in [0.5, 0.6) is 11.5 Å². The number of carbonyl (C=O) groups is 1. The van der Waals surface area contributed by atoms with Gasteiger partial charge >= 0.3 is 0 Å². The summed E-state index contributed by atoms with van der Waals surface area (Å²) in [6, 6.07) is 4.27. The van der Waals surface area contributed by atoms with Crippen LogP contribution in [0.4, 0.5) is 0 Å². The van der Waals surface area contributed by atoms with Gasteiger partial charge in [-0.05, 0) is 30.9 Å². The highest BCUT2D eigenvalue weighted by molar-refractivity contribution is 5.79. The molecule has 21 heavy (non-hydrogen) atoms. The zero-order valence-electron chi connectivity index (χ0n) is 12.2. The van der Waals surface area contributed by atoms with E-state index in [0.29, 0.717) is 31.6 Å². The van der Waals surface area contributed by atoms with Gasteiger partial charge in [-0.15, -0.1) is 0 Å². The average Bonchev–Trinajstić information content (AvgIpc) is 2.45. The number of phenols is 2. The molecule has 1 aromatic rings. The smallest absolute Gasteiger partial charge is 0.223 e. The molecule has 0 saturated carbocycles. The van der Waals surface area contributed by atoms with E-state index in [1.165, 1.54) is 12.1 Å². The van der Waals surface area contributed by atoms with Gasteiger partial charge in [-0.3, -0.25) is 4.79 Å². The molecule has 0 radical (unpaired) electrons. The Labute approximate surface area is 124 Å². The Morgan fingerprint density at radius 3 is 2.76 bits per heavy atom. The van der Waals surface area contributed by atoms with Gasteiger partial charge in [0.05, 0.1) is 0 Å². The normalized spacial score (nSPS) is 12.1. The molecule has 1 atom stereocenters. The first-order valence-electron chi connectivity index (χ1n) is 6.96. The van der Waals surface area contributed by atoms with Gasteiger partial charge in [0.1, 0.15) is 11.5 Å². The molecule has 0 saturated heterocycles. The van der Waals surface area contributed by atoms with E-state index in [9.17, 15) is 15.0 Å². The summed E-state index contributed by atoms with van der Waals surface area (Å²) >= 11 is 0. The number of aliphatic hydroxyl groups is 1. The topological polar surface area (TPSA) is 99.0 Å². The molecule has 0 bridgehead atoms. The molecular formula is C15H23NO5. The fraction of sp³-hybridized carbons (Fsp3) is 0.533. The third-order valence-electron chi connectivity index (χ3n) is 3.21. The van der Waals surface area contributed by atoms with Crippen LogP contribution in [0.25, 0.3) is 0 Å². The van der Waals surface area contributed by atoms with Gasteiger partial charge in [-0.25, -0.2) is 0 Å². The lowest BCUT2D eigenvalue weighted by molar-refractivity contribution is -0.125. The summed E-state index contributed by atoms with van der Waals surface area (Å²) in [7, 11) is 1.60. The molecule has 6 nitrogen and oxygen atoms in total. The number of benzene rings is 1. The second-order valence-electron chi connectivity index (χ2n) is 4.86. The van der Waals surface area contributed by atoms with Crippen molar-refractivity contribution in [2.75, 3.05) is 26.9 Å². The summed E-state index contributed by atoms with van der Waals surface area (Å²) in [6.45, 7) is 0.981.